The number of carbonyl (C=O) groups excluding carboxylic acids is 1. The molecule has 1 aromatic carbocycles. The molecule has 26 heavy (non-hydrogen) atoms. The Kier molecular flexibility index (Phi) is 4.93. The number of nitrogens with zero attached hydrogens (tertiary/aromatic N) is 3. The minimum atomic E-state index is 0.0284. The van der Waals surface area contributed by atoms with Crippen molar-refractivity contribution in [3.8, 4) is 0 Å². The highest BCUT2D eigenvalue weighted by Gasteiger charge is 2.22. The lowest BCUT2D eigenvalue weighted by atomic mass is 10.1. The van der Waals surface area contributed by atoms with Gasteiger partial charge in [0.25, 0.3) is 0 Å². The highest BCUT2D eigenvalue weighted by atomic mass is 16.5. The van der Waals surface area contributed by atoms with Gasteiger partial charge in [-0.15, -0.1) is 0 Å². The molecule has 1 aliphatic heterocycles. The third-order valence-corrected chi connectivity index (χ3v) is 5.32. The molecule has 1 saturated heterocycles. The van der Waals surface area contributed by atoms with Crippen molar-refractivity contribution in [1.82, 2.24) is 20.3 Å². The normalized spacial score (nSPS) is 17.3. The highest BCUT2D eigenvalue weighted by Crippen LogP contribution is 2.22. The number of aryl methyl sites for hydroxylation is 3. The number of urea groups is 1. The molecule has 4 rings (SSSR count). The van der Waals surface area contributed by atoms with Crippen LogP contribution in [0.15, 0.2) is 28.8 Å². The fraction of sp³-hybridized carbons (Fsp3) is 0.500. The molecule has 0 unspecified atom stereocenters. The second kappa shape index (κ2) is 7.50. The first-order valence-electron chi connectivity index (χ1n) is 9.45. The lowest BCUT2D eigenvalue weighted by Gasteiger charge is -2.34. The van der Waals surface area contributed by atoms with Crippen LogP contribution >= 0.6 is 0 Å². The molecule has 138 valence electrons. The summed E-state index contributed by atoms with van der Waals surface area (Å²) in [6.07, 6.45) is 3.62. The summed E-state index contributed by atoms with van der Waals surface area (Å²) in [5.41, 5.74) is 5.02. The fourth-order valence-electron chi connectivity index (χ4n) is 3.84. The average Bonchev–Trinajstić information content (AvgIpc) is 3.28. The van der Waals surface area contributed by atoms with E-state index in [-0.39, 0.29) is 6.03 Å². The number of aromatic nitrogens is 1. The van der Waals surface area contributed by atoms with Gasteiger partial charge in [-0.3, -0.25) is 4.90 Å². The van der Waals surface area contributed by atoms with Crippen molar-refractivity contribution in [2.24, 2.45) is 0 Å². The van der Waals surface area contributed by atoms with Gasteiger partial charge in [-0.25, -0.2) is 4.79 Å². The molecule has 0 bridgehead atoms. The van der Waals surface area contributed by atoms with Gasteiger partial charge in [0.2, 0.25) is 0 Å². The predicted molar refractivity (Wildman–Crippen MR) is 98.8 cm³/mol. The maximum absolute atomic E-state index is 12.4. The van der Waals surface area contributed by atoms with E-state index in [9.17, 15) is 4.79 Å². The van der Waals surface area contributed by atoms with Crippen LogP contribution in [0.2, 0.25) is 0 Å². The summed E-state index contributed by atoms with van der Waals surface area (Å²) in [7, 11) is 0. The Morgan fingerprint density at radius 3 is 2.73 bits per heavy atom. The first-order chi connectivity index (χ1) is 12.7. The molecule has 1 N–H and O–H groups in total. The second-order valence-corrected chi connectivity index (χ2v) is 7.31. The Morgan fingerprint density at radius 1 is 1.15 bits per heavy atom. The van der Waals surface area contributed by atoms with Crippen LogP contribution in [0.25, 0.3) is 0 Å². The molecule has 6 nitrogen and oxygen atoms in total. The molecule has 1 aliphatic carbocycles. The number of rotatable bonds is 4. The quantitative estimate of drug-likeness (QED) is 0.916. The molecule has 0 radical (unpaired) electrons. The minimum Gasteiger partial charge on any atom is -0.360 e. The van der Waals surface area contributed by atoms with Crippen LogP contribution in [-0.2, 0) is 25.9 Å². The largest absolute Gasteiger partial charge is 0.360 e. The maximum Gasteiger partial charge on any atom is 0.317 e. The van der Waals surface area contributed by atoms with E-state index in [1.807, 2.05) is 17.9 Å². The van der Waals surface area contributed by atoms with Gasteiger partial charge in [0.1, 0.15) is 0 Å². The van der Waals surface area contributed by atoms with Crippen molar-refractivity contribution < 1.29 is 9.32 Å². The number of hydrogen-bond donors (Lipinski definition) is 1. The lowest BCUT2D eigenvalue weighted by molar-refractivity contribution is 0.128. The molecule has 0 saturated carbocycles. The zero-order valence-corrected chi connectivity index (χ0v) is 15.3. The molecule has 6 heteroatoms. The average molecular weight is 354 g/mol. The summed E-state index contributed by atoms with van der Waals surface area (Å²) in [6, 6.07) is 8.60. The standard InChI is InChI=1S/C20H26N4O2/c1-15-11-19(26-22-15)14-23-7-9-24(10-8-23)20(25)21-13-16-5-6-17-3-2-4-18(17)12-16/h5-6,11-12H,2-4,7-10,13-14H2,1H3,(H,21,25). The third kappa shape index (κ3) is 3.90. The van der Waals surface area contributed by atoms with Crippen molar-refractivity contribution in [1.29, 1.82) is 0 Å². The van der Waals surface area contributed by atoms with Crippen molar-refractivity contribution in [2.45, 2.75) is 39.3 Å². The van der Waals surface area contributed by atoms with Crippen molar-refractivity contribution in [3.63, 3.8) is 0 Å². The van der Waals surface area contributed by atoms with Gasteiger partial charge in [0, 0.05) is 38.8 Å². The number of benzene rings is 1. The topological polar surface area (TPSA) is 61.6 Å². The van der Waals surface area contributed by atoms with Gasteiger partial charge in [-0.05, 0) is 42.9 Å². The number of amides is 2. The van der Waals surface area contributed by atoms with Crippen LogP contribution in [0, 0.1) is 6.92 Å². The molecule has 1 fully saturated rings. The van der Waals surface area contributed by atoms with Crippen LogP contribution in [0.4, 0.5) is 4.79 Å². The van der Waals surface area contributed by atoms with E-state index in [2.05, 4.69) is 33.6 Å². The van der Waals surface area contributed by atoms with Gasteiger partial charge >= 0.3 is 6.03 Å². The van der Waals surface area contributed by atoms with Crippen molar-refractivity contribution in [3.05, 3.63) is 52.4 Å². The van der Waals surface area contributed by atoms with E-state index in [0.29, 0.717) is 6.54 Å². The zero-order chi connectivity index (χ0) is 17.9. The SMILES string of the molecule is Cc1cc(CN2CCN(C(=O)NCc3ccc4c(c3)CCC4)CC2)on1. The summed E-state index contributed by atoms with van der Waals surface area (Å²) >= 11 is 0. The molecule has 2 aliphatic rings. The summed E-state index contributed by atoms with van der Waals surface area (Å²) in [5, 5.41) is 6.99. The highest BCUT2D eigenvalue weighted by molar-refractivity contribution is 5.74. The van der Waals surface area contributed by atoms with Crippen LogP contribution in [0.5, 0.6) is 0 Å². The van der Waals surface area contributed by atoms with Gasteiger partial charge in [0.05, 0.1) is 12.2 Å². The second-order valence-electron chi connectivity index (χ2n) is 7.31. The smallest absolute Gasteiger partial charge is 0.317 e. The predicted octanol–water partition coefficient (Wildman–Crippen LogP) is 2.50. The van der Waals surface area contributed by atoms with E-state index >= 15 is 0 Å². The van der Waals surface area contributed by atoms with Crippen molar-refractivity contribution in [2.75, 3.05) is 26.2 Å². The van der Waals surface area contributed by atoms with E-state index in [1.165, 1.54) is 36.0 Å². The van der Waals surface area contributed by atoms with E-state index in [1.54, 1.807) is 0 Å². The molecular formula is C20H26N4O2. The Balaban J connectivity index is 1.23. The summed E-state index contributed by atoms with van der Waals surface area (Å²) < 4.78 is 5.28. The number of hydrogen-bond acceptors (Lipinski definition) is 4. The molecule has 0 spiro atoms. The van der Waals surface area contributed by atoms with Gasteiger partial charge in [-0.1, -0.05) is 23.4 Å². The number of carbonyl (C=O) groups is 1. The first-order valence-corrected chi connectivity index (χ1v) is 9.45. The van der Waals surface area contributed by atoms with Gasteiger partial charge < -0.3 is 14.7 Å². The molecule has 2 aromatic rings. The van der Waals surface area contributed by atoms with Crippen LogP contribution in [-0.4, -0.2) is 47.2 Å². The lowest BCUT2D eigenvalue weighted by Crippen LogP contribution is -2.51. The zero-order valence-electron chi connectivity index (χ0n) is 15.3. The molecule has 1 aromatic heterocycles. The Hall–Kier alpha value is -2.34. The summed E-state index contributed by atoms with van der Waals surface area (Å²) in [4.78, 5) is 16.6. The van der Waals surface area contributed by atoms with Crippen molar-refractivity contribution >= 4 is 6.03 Å². The Labute approximate surface area is 154 Å². The molecule has 0 atom stereocenters. The van der Waals surface area contributed by atoms with E-state index in [0.717, 1.165) is 44.2 Å². The summed E-state index contributed by atoms with van der Waals surface area (Å²) in [6.45, 7) is 6.47. The van der Waals surface area contributed by atoms with Gasteiger partial charge in [0.15, 0.2) is 5.76 Å². The fourth-order valence-corrected chi connectivity index (χ4v) is 3.84. The molecule has 2 amide bonds. The number of nitrogens with one attached hydrogen (secondary N) is 1. The monoisotopic (exact) mass is 354 g/mol. The van der Waals surface area contributed by atoms with E-state index < -0.39 is 0 Å². The van der Waals surface area contributed by atoms with Crippen LogP contribution in [0.1, 0.15) is 34.6 Å². The molecule has 2 heterocycles. The third-order valence-electron chi connectivity index (χ3n) is 5.32. The number of fused-ring (bicyclic) bond motifs is 1. The minimum absolute atomic E-state index is 0.0284. The molecular weight excluding hydrogens is 328 g/mol. The number of piperazine rings is 1. The summed E-state index contributed by atoms with van der Waals surface area (Å²) in [5.74, 6) is 0.886. The van der Waals surface area contributed by atoms with Crippen LogP contribution < -0.4 is 5.32 Å². The van der Waals surface area contributed by atoms with Gasteiger partial charge in [-0.2, -0.15) is 0 Å². The first kappa shape index (κ1) is 17.1. The van der Waals surface area contributed by atoms with E-state index in [4.69, 9.17) is 4.52 Å². The van der Waals surface area contributed by atoms with Crippen LogP contribution in [0.3, 0.4) is 0 Å². The maximum atomic E-state index is 12.4. The Bertz CT molecular complexity index is 778. The Morgan fingerprint density at radius 2 is 1.96 bits per heavy atom.